The second-order valence-electron chi connectivity index (χ2n) is 5.58. The van der Waals surface area contributed by atoms with Gasteiger partial charge in [0.25, 0.3) is 0 Å². The number of allylic oxidation sites excluding steroid dienone is 2. The molecular weight excluding hydrogens is 256 g/mol. The summed E-state index contributed by atoms with van der Waals surface area (Å²) in [5.41, 5.74) is 6.64. The highest BCUT2D eigenvalue weighted by molar-refractivity contribution is 5.76. The summed E-state index contributed by atoms with van der Waals surface area (Å²) in [5.74, 6) is 0. The number of hydrogen-bond acceptors (Lipinski definition) is 2. The largest absolute Gasteiger partial charge is 0.384 e. The number of hydrogen-bond donors (Lipinski definition) is 2. The van der Waals surface area contributed by atoms with Crippen LogP contribution in [0.3, 0.4) is 0 Å². The van der Waals surface area contributed by atoms with E-state index in [0.29, 0.717) is 6.04 Å². The zero-order valence-corrected chi connectivity index (χ0v) is 13.5. The van der Waals surface area contributed by atoms with E-state index in [9.17, 15) is 0 Å². The summed E-state index contributed by atoms with van der Waals surface area (Å²) < 4.78 is 0. The van der Waals surface area contributed by atoms with Gasteiger partial charge in [-0.25, -0.2) is 0 Å². The highest BCUT2D eigenvalue weighted by atomic mass is 14.9. The Kier molecular flexibility index (Phi) is 5.40. The van der Waals surface area contributed by atoms with Gasteiger partial charge in [-0.15, -0.1) is 0 Å². The van der Waals surface area contributed by atoms with Gasteiger partial charge < -0.3 is 10.6 Å². The molecule has 1 unspecified atom stereocenters. The van der Waals surface area contributed by atoms with Gasteiger partial charge in [-0.2, -0.15) is 0 Å². The first-order valence-corrected chi connectivity index (χ1v) is 7.74. The molecule has 1 atom stereocenters. The molecular formula is C19H26N2. The summed E-state index contributed by atoms with van der Waals surface area (Å²) in [7, 11) is 1.98. The zero-order chi connectivity index (χ0) is 15.2. The molecule has 1 heterocycles. The Morgan fingerprint density at radius 3 is 2.52 bits per heavy atom. The van der Waals surface area contributed by atoms with Gasteiger partial charge in [0.05, 0.1) is 0 Å². The van der Waals surface area contributed by atoms with Crippen LogP contribution in [0.2, 0.25) is 0 Å². The third kappa shape index (κ3) is 3.85. The van der Waals surface area contributed by atoms with Crippen molar-refractivity contribution in [3.8, 4) is 0 Å². The first-order chi connectivity index (χ1) is 10.2. The first kappa shape index (κ1) is 15.6. The number of nitrogens with one attached hydrogen (secondary N) is 2. The molecule has 0 aliphatic carbocycles. The molecule has 2 N–H and O–H groups in total. The average Bonchev–Trinajstić information content (AvgIpc) is 2.83. The van der Waals surface area contributed by atoms with Gasteiger partial charge in [0.1, 0.15) is 0 Å². The van der Waals surface area contributed by atoms with E-state index in [1.165, 1.54) is 27.8 Å². The van der Waals surface area contributed by atoms with Crippen LogP contribution in [-0.2, 0) is 6.42 Å². The Hall–Kier alpha value is -1.80. The van der Waals surface area contributed by atoms with Crippen molar-refractivity contribution >= 4 is 5.57 Å². The number of aryl methyl sites for hydroxylation is 1. The van der Waals surface area contributed by atoms with E-state index in [0.717, 1.165) is 13.0 Å². The normalized spacial score (nSPS) is 20.6. The molecule has 2 rings (SSSR count). The molecule has 1 aliphatic rings. The topological polar surface area (TPSA) is 24.1 Å². The van der Waals surface area contributed by atoms with Gasteiger partial charge in [0.2, 0.25) is 0 Å². The predicted octanol–water partition coefficient (Wildman–Crippen LogP) is 3.67. The van der Waals surface area contributed by atoms with Gasteiger partial charge >= 0.3 is 0 Å². The van der Waals surface area contributed by atoms with Crippen LogP contribution in [0.15, 0.2) is 53.8 Å². The summed E-state index contributed by atoms with van der Waals surface area (Å²) in [6.45, 7) is 7.43. The van der Waals surface area contributed by atoms with Crippen LogP contribution >= 0.6 is 0 Å². The van der Waals surface area contributed by atoms with Gasteiger partial charge in [-0.05, 0) is 61.2 Å². The molecule has 1 aromatic rings. The molecule has 2 nitrogen and oxygen atoms in total. The molecule has 112 valence electrons. The summed E-state index contributed by atoms with van der Waals surface area (Å²) in [5, 5.41) is 6.58. The van der Waals surface area contributed by atoms with E-state index < -0.39 is 0 Å². The minimum Gasteiger partial charge on any atom is -0.384 e. The summed E-state index contributed by atoms with van der Waals surface area (Å²) in [6, 6.07) is 9.28. The molecule has 0 fully saturated rings. The standard InChI is InChI=1S/C19H26N2/c1-5-16-6-8-17(9-7-16)18(10-11-20-4)12-19-14(2)13-21-15(19)3/h6-10,12-13,15,20-21H,5,11H2,1-4H3/b18-10+,19-12-. The summed E-state index contributed by atoms with van der Waals surface area (Å²) in [6.07, 6.45) is 7.76. The molecule has 2 heteroatoms. The average molecular weight is 282 g/mol. The molecule has 0 saturated carbocycles. The summed E-state index contributed by atoms with van der Waals surface area (Å²) in [4.78, 5) is 0. The van der Waals surface area contributed by atoms with Crippen molar-refractivity contribution in [3.05, 3.63) is 64.9 Å². The number of rotatable bonds is 5. The van der Waals surface area contributed by atoms with Gasteiger partial charge in [-0.3, -0.25) is 0 Å². The van der Waals surface area contributed by atoms with Crippen LogP contribution in [0, 0.1) is 0 Å². The molecule has 0 radical (unpaired) electrons. The van der Waals surface area contributed by atoms with Crippen molar-refractivity contribution in [1.82, 2.24) is 10.6 Å². The lowest BCUT2D eigenvalue weighted by Gasteiger charge is -2.11. The van der Waals surface area contributed by atoms with Crippen molar-refractivity contribution in [1.29, 1.82) is 0 Å². The molecule has 0 aromatic heterocycles. The van der Waals surface area contributed by atoms with Crippen LogP contribution in [0.1, 0.15) is 31.9 Å². The maximum Gasteiger partial charge on any atom is 0.0483 e. The third-order valence-electron chi connectivity index (χ3n) is 4.00. The quantitative estimate of drug-likeness (QED) is 0.861. The Balaban J connectivity index is 2.34. The van der Waals surface area contributed by atoms with Crippen molar-refractivity contribution < 1.29 is 0 Å². The molecule has 1 aliphatic heterocycles. The lowest BCUT2D eigenvalue weighted by molar-refractivity contribution is 0.776. The van der Waals surface area contributed by atoms with E-state index in [4.69, 9.17) is 0 Å². The second-order valence-corrected chi connectivity index (χ2v) is 5.58. The monoisotopic (exact) mass is 282 g/mol. The smallest absolute Gasteiger partial charge is 0.0483 e. The van der Waals surface area contributed by atoms with Crippen LogP contribution in [0.5, 0.6) is 0 Å². The van der Waals surface area contributed by atoms with E-state index in [-0.39, 0.29) is 0 Å². The van der Waals surface area contributed by atoms with Gasteiger partial charge in [0, 0.05) is 18.8 Å². The Bertz CT molecular complexity index is 562. The fraction of sp³-hybridized carbons (Fsp3) is 0.368. The van der Waals surface area contributed by atoms with Crippen molar-refractivity contribution in [2.45, 2.75) is 33.2 Å². The highest BCUT2D eigenvalue weighted by Gasteiger charge is 2.15. The molecule has 0 amide bonds. The minimum atomic E-state index is 0.387. The molecule has 1 aromatic carbocycles. The molecule has 0 bridgehead atoms. The van der Waals surface area contributed by atoms with Crippen LogP contribution in [-0.4, -0.2) is 19.6 Å². The molecule has 21 heavy (non-hydrogen) atoms. The van der Waals surface area contributed by atoms with E-state index in [2.05, 4.69) is 74.0 Å². The van der Waals surface area contributed by atoms with Crippen LogP contribution < -0.4 is 10.6 Å². The third-order valence-corrected chi connectivity index (χ3v) is 4.00. The first-order valence-electron chi connectivity index (χ1n) is 7.74. The maximum absolute atomic E-state index is 3.38. The lowest BCUT2D eigenvalue weighted by atomic mass is 9.96. The Morgan fingerprint density at radius 1 is 1.29 bits per heavy atom. The van der Waals surface area contributed by atoms with Crippen molar-refractivity contribution in [3.63, 3.8) is 0 Å². The lowest BCUT2D eigenvalue weighted by Crippen LogP contribution is -2.16. The van der Waals surface area contributed by atoms with Crippen molar-refractivity contribution in [2.24, 2.45) is 0 Å². The summed E-state index contributed by atoms with van der Waals surface area (Å²) >= 11 is 0. The molecule has 0 saturated heterocycles. The van der Waals surface area contributed by atoms with Crippen LogP contribution in [0.4, 0.5) is 0 Å². The highest BCUT2D eigenvalue weighted by Crippen LogP contribution is 2.25. The van der Waals surface area contributed by atoms with Crippen LogP contribution in [0.25, 0.3) is 5.57 Å². The van der Waals surface area contributed by atoms with Crippen molar-refractivity contribution in [2.75, 3.05) is 13.6 Å². The van der Waals surface area contributed by atoms with Gasteiger partial charge in [0.15, 0.2) is 0 Å². The zero-order valence-electron chi connectivity index (χ0n) is 13.5. The second kappa shape index (κ2) is 7.28. The maximum atomic E-state index is 3.38. The SMILES string of the molecule is CCc1ccc(C(/C=C2/C(C)=CNC2C)=C/CNC)cc1. The van der Waals surface area contributed by atoms with E-state index >= 15 is 0 Å². The fourth-order valence-electron chi connectivity index (χ4n) is 2.58. The number of benzene rings is 1. The molecule has 0 spiro atoms. The predicted molar refractivity (Wildman–Crippen MR) is 92.2 cm³/mol. The van der Waals surface area contributed by atoms with E-state index in [1.807, 2.05) is 7.05 Å². The number of likely N-dealkylation sites (N-methyl/N-ethyl adjacent to an activating group) is 1. The minimum absolute atomic E-state index is 0.387. The van der Waals surface area contributed by atoms with Gasteiger partial charge in [-0.1, -0.05) is 37.3 Å². The Labute approximate surface area is 128 Å². The Morgan fingerprint density at radius 2 is 2.00 bits per heavy atom. The fourth-order valence-corrected chi connectivity index (χ4v) is 2.58. The van der Waals surface area contributed by atoms with E-state index in [1.54, 1.807) is 0 Å².